The number of nitrogens with two attached hydrogens (primary N) is 1. The van der Waals surface area contributed by atoms with Crippen molar-refractivity contribution < 1.29 is 14.4 Å². The van der Waals surface area contributed by atoms with Gasteiger partial charge in [0, 0.05) is 10.5 Å². The summed E-state index contributed by atoms with van der Waals surface area (Å²) in [5.74, 6) is 0. The van der Waals surface area contributed by atoms with E-state index < -0.39 is 13.6 Å². The van der Waals surface area contributed by atoms with Crippen LogP contribution in [-0.2, 0) is 4.57 Å². The Kier molecular flexibility index (Phi) is 3.86. The highest BCUT2D eigenvalue weighted by Gasteiger charge is 2.19. The molecule has 4 nitrogen and oxygen atoms in total. The van der Waals surface area contributed by atoms with Gasteiger partial charge in [0.1, 0.15) is 0 Å². The Labute approximate surface area is 90.4 Å². The van der Waals surface area contributed by atoms with E-state index in [9.17, 15) is 4.57 Å². The predicted octanol–water partition coefficient (Wildman–Crippen LogP) is 1.63. The first-order valence-electron chi connectivity index (χ1n) is 3.94. The summed E-state index contributed by atoms with van der Waals surface area (Å²) in [5, 5.41) is 0. The molecule has 6 heteroatoms. The number of halogens is 1. The minimum Gasteiger partial charge on any atom is -0.324 e. The summed E-state index contributed by atoms with van der Waals surface area (Å²) in [6.07, 6.45) is -0.325. The fourth-order valence-corrected chi connectivity index (χ4v) is 2.06. The molecular weight excluding hydrogens is 269 g/mol. The summed E-state index contributed by atoms with van der Waals surface area (Å²) in [7, 11) is -4.04. The van der Waals surface area contributed by atoms with Gasteiger partial charge in [-0.25, -0.2) is 0 Å². The van der Waals surface area contributed by atoms with Crippen molar-refractivity contribution in [3.05, 3.63) is 34.3 Å². The highest BCUT2D eigenvalue weighted by molar-refractivity contribution is 9.10. The van der Waals surface area contributed by atoms with Crippen molar-refractivity contribution in [3.63, 3.8) is 0 Å². The van der Waals surface area contributed by atoms with Gasteiger partial charge in [-0.05, 0) is 17.7 Å². The van der Waals surface area contributed by atoms with Crippen molar-refractivity contribution in [2.75, 3.05) is 6.16 Å². The molecule has 0 aromatic heterocycles. The first-order chi connectivity index (χ1) is 6.38. The van der Waals surface area contributed by atoms with Crippen LogP contribution >= 0.6 is 23.5 Å². The van der Waals surface area contributed by atoms with E-state index in [0.29, 0.717) is 0 Å². The Morgan fingerprint density at radius 2 is 1.86 bits per heavy atom. The van der Waals surface area contributed by atoms with Crippen molar-refractivity contribution in [2.24, 2.45) is 5.73 Å². The van der Waals surface area contributed by atoms with E-state index in [0.717, 1.165) is 10.0 Å². The van der Waals surface area contributed by atoms with Gasteiger partial charge in [0.25, 0.3) is 0 Å². The zero-order valence-corrected chi connectivity index (χ0v) is 9.78. The maximum atomic E-state index is 10.7. The third-order valence-electron chi connectivity index (χ3n) is 1.73. The predicted molar refractivity (Wildman–Crippen MR) is 58.0 cm³/mol. The highest BCUT2D eigenvalue weighted by atomic mass is 79.9. The normalized spacial score (nSPS) is 14.0. The molecule has 1 rings (SSSR count). The molecule has 1 aromatic rings. The molecule has 0 saturated heterocycles. The molecule has 0 radical (unpaired) electrons. The van der Waals surface area contributed by atoms with E-state index in [1.807, 2.05) is 0 Å². The number of hydrogen-bond acceptors (Lipinski definition) is 2. The van der Waals surface area contributed by atoms with Crippen LogP contribution < -0.4 is 5.73 Å². The number of benzene rings is 1. The van der Waals surface area contributed by atoms with Crippen LogP contribution in [0, 0.1) is 0 Å². The molecule has 1 atom stereocenters. The van der Waals surface area contributed by atoms with Gasteiger partial charge in [-0.1, -0.05) is 28.1 Å². The van der Waals surface area contributed by atoms with Crippen LogP contribution in [-0.4, -0.2) is 15.9 Å². The van der Waals surface area contributed by atoms with E-state index in [2.05, 4.69) is 15.9 Å². The van der Waals surface area contributed by atoms with Crippen LogP contribution in [0.3, 0.4) is 0 Å². The van der Waals surface area contributed by atoms with Crippen LogP contribution in [0.15, 0.2) is 28.7 Å². The second-order valence-electron chi connectivity index (χ2n) is 3.01. The van der Waals surface area contributed by atoms with Crippen LogP contribution in [0.5, 0.6) is 0 Å². The lowest BCUT2D eigenvalue weighted by Gasteiger charge is -2.12. The highest BCUT2D eigenvalue weighted by Crippen LogP contribution is 2.38. The minimum absolute atomic E-state index is 0.325. The fraction of sp³-hybridized carbons (Fsp3) is 0.250. The summed E-state index contributed by atoms with van der Waals surface area (Å²) in [4.78, 5) is 17.5. The van der Waals surface area contributed by atoms with Crippen molar-refractivity contribution in [1.82, 2.24) is 0 Å². The van der Waals surface area contributed by atoms with Crippen LogP contribution in [0.2, 0.25) is 0 Å². The zero-order chi connectivity index (χ0) is 10.8. The van der Waals surface area contributed by atoms with Crippen LogP contribution in [0.1, 0.15) is 11.6 Å². The second kappa shape index (κ2) is 4.55. The summed E-state index contributed by atoms with van der Waals surface area (Å²) in [6.45, 7) is 0. The van der Waals surface area contributed by atoms with E-state index in [4.69, 9.17) is 15.5 Å². The van der Waals surface area contributed by atoms with Gasteiger partial charge in [0.05, 0.1) is 6.16 Å². The Morgan fingerprint density at radius 1 is 1.36 bits per heavy atom. The Hall–Kier alpha value is -0.190. The van der Waals surface area contributed by atoms with Gasteiger partial charge in [-0.15, -0.1) is 0 Å². The Bertz CT molecular complexity index is 348. The molecule has 4 N–H and O–H groups in total. The molecule has 0 saturated carbocycles. The van der Waals surface area contributed by atoms with Crippen molar-refractivity contribution >= 4 is 23.5 Å². The molecule has 1 unspecified atom stereocenters. The summed E-state index contributed by atoms with van der Waals surface area (Å²) >= 11 is 3.26. The molecule has 0 aliphatic carbocycles. The summed E-state index contributed by atoms with van der Waals surface area (Å²) in [5.41, 5.74) is 6.34. The molecule has 1 aromatic carbocycles. The average Bonchev–Trinajstić information content (AvgIpc) is 2.02. The topological polar surface area (TPSA) is 83.6 Å². The van der Waals surface area contributed by atoms with Gasteiger partial charge in [0.15, 0.2) is 0 Å². The standard InChI is InChI=1S/C8H11BrNO3P/c9-7-3-1-6(2-4-7)8(10)5-14(11,12)13/h1-4,8H,5,10H2,(H2,11,12,13). The third kappa shape index (κ3) is 3.90. The SMILES string of the molecule is NC(CP(=O)(O)O)c1ccc(Br)cc1. The average molecular weight is 280 g/mol. The molecule has 0 aliphatic rings. The van der Waals surface area contributed by atoms with Crippen molar-refractivity contribution in [3.8, 4) is 0 Å². The number of hydrogen-bond donors (Lipinski definition) is 3. The first kappa shape index (κ1) is 11.9. The molecule has 0 amide bonds. The molecule has 0 aliphatic heterocycles. The quantitative estimate of drug-likeness (QED) is 0.735. The minimum atomic E-state index is -4.04. The van der Waals surface area contributed by atoms with Crippen LogP contribution in [0.25, 0.3) is 0 Å². The Balaban J connectivity index is 2.75. The maximum absolute atomic E-state index is 10.7. The van der Waals surface area contributed by atoms with E-state index in [1.165, 1.54) is 0 Å². The first-order valence-corrected chi connectivity index (χ1v) is 6.53. The van der Waals surface area contributed by atoms with Gasteiger partial charge in [-0.2, -0.15) is 0 Å². The van der Waals surface area contributed by atoms with Gasteiger partial charge in [0.2, 0.25) is 0 Å². The summed E-state index contributed by atoms with van der Waals surface area (Å²) < 4.78 is 11.6. The molecule has 14 heavy (non-hydrogen) atoms. The molecule has 0 fully saturated rings. The fourth-order valence-electron chi connectivity index (χ4n) is 1.07. The number of rotatable bonds is 3. The largest absolute Gasteiger partial charge is 0.327 e. The third-order valence-corrected chi connectivity index (χ3v) is 3.13. The lowest BCUT2D eigenvalue weighted by Crippen LogP contribution is -2.14. The van der Waals surface area contributed by atoms with Crippen LogP contribution in [0.4, 0.5) is 0 Å². The van der Waals surface area contributed by atoms with Gasteiger partial charge in [-0.3, -0.25) is 4.57 Å². The molecule has 0 heterocycles. The zero-order valence-electron chi connectivity index (χ0n) is 7.30. The lowest BCUT2D eigenvalue weighted by atomic mass is 10.1. The molecule has 78 valence electrons. The molecular formula is C8H11BrNO3P. The van der Waals surface area contributed by atoms with E-state index in [1.54, 1.807) is 24.3 Å². The van der Waals surface area contributed by atoms with Gasteiger partial charge >= 0.3 is 7.60 Å². The Morgan fingerprint density at radius 3 is 2.29 bits per heavy atom. The molecule has 0 bridgehead atoms. The van der Waals surface area contributed by atoms with Gasteiger partial charge < -0.3 is 15.5 Å². The lowest BCUT2D eigenvalue weighted by molar-refractivity contribution is 0.369. The summed E-state index contributed by atoms with van der Waals surface area (Å²) in [6, 6.07) is 6.43. The monoisotopic (exact) mass is 279 g/mol. The second-order valence-corrected chi connectivity index (χ2v) is 5.62. The smallest absolute Gasteiger partial charge is 0.324 e. The van der Waals surface area contributed by atoms with E-state index in [-0.39, 0.29) is 6.16 Å². The van der Waals surface area contributed by atoms with Crippen molar-refractivity contribution in [2.45, 2.75) is 6.04 Å². The molecule has 0 spiro atoms. The van der Waals surface area contributed by atoms with Crippen molar-refractivity contribution in [1.29, 1.82) is 0 Å². The maximum Gasteiger partial charge on any atom is 0.327 e. The van der Waals surface area contributed by atoms with E-state index >= 15 is 0 Å².